The molecule has 1 saturated heterocycles. The molecule has 2 fully saturated rings. The second-order valence-electron chi connectivity index (χ2n) is 5.08. The highest BCUT2D eigenvalue weighted by Crippen LogP contribution is 2.33. The fourth-order valence-corrected chi connectivity index (χ4v) is 2.73. The van der Waals surface area contributed by atoms with Crippen molar-refractivity contribution in [1.29, 1.82) is 0 Å². The van der Waals surface area contributed by atoms with E-state index in [4.69, 9.17) is 4.74 Å². The number of nitrogens with one attached hydrogen (secondary N) is 1. The predicted octanol–water partition coefficient (Wildman–Crippen LogP) is 2.48. The van der Waals surface area contributed by atoms with Crippen LogP contribution >= 0.6 is 0 Å². The van der Waals surface area contributed by atoms with Crippen LogP contribution in [-0.4, -0.2) is 24.8 Å². The van der Waals surface area contributed by atoms with Crippen molar-refractivity contribution in [2.24, 2.45) is 0 Å². The first kappa shape index (κ1) is 10.4. The lowest BCUT2D eigenvalue weighted by atomic mass is 9.86. The van der Waals surface area contributed by atoms with Gasteiger partial charge in [-0.1, -0.05) is 19.3 Å². The Kier molecular flexibility index (Phi) is 3.45. The van der Waals surface area contributed by atoms with E-state index in [0.717, 1.165) is 13.1 Å². The van der Waals surface area contributed by atoms with Gasteiger partial charge in [-0.25, -0.2) is 0 Å². The van der Waals surface area contributed by atoms with Crippen molar-refractivity contribution in [3.63, 3.8) is 0 Å². The fraction of sp³-hybridized carbons (Fsp3) is 1.00. The summed E-state index contributed by atoms with van der Waals surface area (Å²) in [5.41, 5.74) is 0.209. The summed E-state index contributed by atoms with van der Waals surface area (Å²) in [5, 5.41) is 3.38. The predicted molar refractivity (Wildman–Crippen MR) is 58.5 cm³/mol. The topological polar surface area (TPSA) is 21.3 Å². The van der Waals surface area contributed by atoms with Crippen LogP contribution in [0.3, 0.4) is 0 Å². The molecule has 1 saturated carbocycles. The van der Waals surface area contributed by atoms with Crippen molar-refractivity contribution >= 4 is 0 Å². The molecule has 0 spiro atoms. The summed E-state index contributed by atoms with van der Waals surface area (Å²) >= 11 is 0. The number of piperidine rings is 1. The van der Waals surface area contributed by atoms with E-state index in [1.807, 2.05) is 0 Å². The van der Waals surface area contributed by atoms with E-state index in [2.05, 4.69) is 12.2 Å². The SMILES string of the molecule is CC1(OC2CCNCC2)CCCCC1. The van der Waals surface area contributed by atoms with Gasteiger partial charge in [-0.05, 0) is 45.7 Å². The summed E-state index contributed by atoms with van der Waals surface area (Å²) in [6, 6.07) is 0. The zero-order chi connectivity index (χ0) is 9.86. The molecule has 0 atom stereocenters. The lowest BCUT2D eigenvalue weighted by Gasteiger charge is -2.38. The van der Waals surface area contributed by atoms with Crippen LogP contribution < -0.4 is 5.32 Å². The van der Waals surface area contributed by atoms with Gasteiger partial charge in [0, 0.05) is 0 Å². The third kappa shape index (κ3) is 2.71. The Morgan fingerprint density at radius 2 is 1.71 bits per heavy atom. The Morgan fingerprint density at radius 1 is 1.07 bits per heavy atom. The van der Waals surface area contributed by atoms with Gasteiger partial charge in [-0.15, -0.1) is 0 Å². The molecule has 2 aliphatic rings. The minimum Gasteiger partial charge on any atom is -0.372 e. The number of ether oxygens (including phenoxy) is 1. The zero-order valence-electron chi connectivity index (χ0n) is 9.35. The molecule has 1 aliphatic carbocycles. The van der Waals surface area contributed by atoms with Crippen LogP contribution in [0.15, 0.2) is 0 Å². The van der Waals surface area contributed by atoms with E-state index >= 15 is 0 Å². The standard InChI is InChI=1S/C12H23NO/c1-12(7-3-2-4-8-12)14-11-5-9-13-10-6-11/h11,13H,2-10H2,1H3. The fourth-order valence-electron chi connectivity index (χ4n) is 2.73. The maximum Gasteiger partial charge on any atom is 0.0658 e. The van der Waals surface area contributed by atoms with E-state index in [-0.39, 0.29) is 5.60 Å². The second-order valence-corrected chi connectivity index (χ2v) is 5.08. The van der Waals surface area contributed by atoms with Crippen LogP contribution in [0.2, 0.25) is 0 Å². The largest absolute Gasteiger partial charge is 0.372 e. The normalized spacial score (nSPS) is 28.9. The van der Waals surface area contributed by atoms with Crippen molar-refractivity contribution in [3.05, 3.63) is 0 Å². The van der Waals surface area contributed by atoms with Gasteiger partial charge < -0.3 is 10.1 Å². The van der Waals surface area contributed by atoms with Crippen LogP contribution in [0.5, 0.6) is 0 Å². The summed E-state index contributed by atoms with van der Waals surface area (Å²) in [6.45, 7) is 4.59. The Hall–Kier alpha value is -0.0800. The molecule has 14 heavy (non-hydrogen) atoms. The van der Waals surface area contributed by atoms with E-state index < -0.39 is 0 Å². The first-order valence-electron chi connectivity index (χ1n) is 6.17. The van der Waals surface area contributed by atoms with Gasteiger partial charge in [0.15, 0.2) is 0 Å². The molecule has 1 aliphatic heterocycles. The van der Waals surface area contributed by atoms with Gasteiger partial charge in [0.1, 0.15) is 0 Å². The summed E-state index contributed by atoms with van der Waals surface area (Å²) < 4.78 is 6.28. The molecule has 0 radical (unpaired) electrons. The van der Waals surface area contributed by atoms with Crippen molar-refractivity contribution in [1.82, 2.24) is 5.32 Å². The molecule has 1 N–H and O–H groups in total. The highest BCUT2D eigenvalue weighted by Gasteiger charge is 2.30. The van der Waals surface area contributed by atoms with Crippen molar-refractivity contribution < 1.29 is 4.74 Å². The van der Waals surface area contributed by atoms with Crippen LogP contribution in [0.1, 0.15) is 51.9 Å². The third-order valence-corrected chi connectivity index (χ3v) is 3.65. The zero-order valence-corrected chi connectivity index (χ0v) is 9.35. The van der Waals surface area contributed by atoms with Crippen molar-refractivity contribution in [3.8, 4) is 0 Å². The number of hydrogen-bond donors (Lipinski definition) is 1. The van der Waals surface area contributed by atoms with Crippen LogP contribution in [0.4, 0.5) is 0 Å². The van der Waals surface area contributed by atoms with Crippen molar-refractivity contribution in [2.75, 3.05) is 13.1 Å². The molecule has 0 aromatic carbocycles. The minimum atomic E-state index is 0.209. The highest BCUT2D eigenvalue weighted by molar-refractivity contribution is 4.82. The summed E-state index contributed by atoms with van der Waals surface area (Å²) in [7, 11) is 0. The molecular weight excluding hydrogens is 174 g/mol. The van der Waals surface area contributed by atoms with Crippen LogP contribution in [0.25, 0.3) is 0 Å². The van der Waals surface area contributed by atoms with Gasteiger partial charge in [0.2, 0.25) is 0 Å². The van der Waals surface area contributed by atoms with Crippen LogP contribution in [-0.2, 0) is 4.74 Å². The molecular formula is C12H23NO. The third-order valence-electron chi connectivity index (χ3n) is 3.65. The highest BCUT2D eigenvalue weighted by atomic mass is 16.5. The maximum absolute atomic E-state index is 6.28. The Labute approximate surface area is 87.4 Å². The molecule has 2 nitrogen and oxygen atoms in total. The van der Waals surface area contributed by atoms with Gasteiger partial charge in [-0.3, -0.25) is 0 Å². The monoisotopic (exact) mass is 197 g/mol. The number of rotatable bonds is 2. The van der Waals surface area contributed by atoms with E-state index in [1.165, 1.54) is 44.9 Å². The lowest BCUT2D eigenvalue weighted by molar-refractivity contribution is -0.110. The molecule has 2 rings (SSSR count). The summed E-state index contributed by atoms with van der Waals surface area (Å²) in [6.07, 6.45) is 9.62. The first-order valence-corrected chi connectivity index (χ1v) is 6.17. The number of hydrogen-bond acceptors (Lipinski definition) is 2. The Balaban J connectivity index is 1.81. The second kappa shape index (κ2) is 4.63. The van der Waals surface area contributed by atoms with Gasteiger partial charge >= 0.3 is 0 Å². The molecule has 0 unspecified atom stereocenters. The molecule has 0 aromatic rings. The minimum absolute atomic E-state index is 0.209. The van der Waals surface area contributed by atoms with Gasteiger partial charge in [0.25, 0.3) is 0 Å². The molecule has 0 aromatic heterocycles. The molecule has 0 amide bonds. The van der Waals surface area contributed by atoms with Gasteiger partial charge in [-0.2, -0.15) is 0 Å². The molecule has 1 heterocycles. The van der Waals surface area contributed by atoms with E-state index in [9.17, 15) is 0 Å². The average Bonchev–Trinajstić information content (AvgIpc) is 2.19. The lowest BCUT2D eigenvalue weighted by Crippen LogP contribution is -2.40. The van der Waals surface area contributed by atoms with Gasteiger partial charge in [0.05, 0.1) is 11.7 Å². The van der Waals surface area contributed by atoms with E-state index in [0.29, 0.717) is 6.10 Å². The van der Waals surface area contributed by atoms with E-state index in [1.54, 1.807) is 0 Å². The van der Waals surface area contributed by atoms with Crippen LogP contribution in [0, 0.1) is 0 Å². The Morgan fingerprint density at radius 3 is 2.36 bits per heavy atom. The summed E-state index contributed by atoms with van der Waals surface area (Å²) in [4.78, 5) is 0. The smallest absolute Gasteiger partial charge is 0.0658 e. The summed E-state index contributed by atoms with van der Waals surface area (Å²) in [5.74, 6) is 0. The molecule has 0 bridgehead atoms. The maximum atomic E-state index is 6.28. The van der Waals surface area contributed by atoms with Crippen molar-refractivity contribution in [2.45, 2.75) is 63.6 Å². The Bertz CT molecular complexity index is 169. The first-order chi connectivity index (χ1) is 6.79. The molecule has 2 heteroatoms. The quantitative estimate of drug-likeness (QED) is 0.734. The average molecular weight is 197 g/mol. The molecule has 82 valence electrons.